The van der Waals surface area contributed by atoms with E-state index in [1.54, 1.807) is 0 Å². The summed E-state index contributed by atoms with van der Waals surface area (Å²) in [4.78, 5) is 14.2. The summed E-state index contributed by atoms with van der Waals surface area (Å²) in [6.07, 6.45) is -1.30. The van der Waals surface area contributed by atoms with Crippen molar-refractivity contribution in [1.82, 2.24) is 0 Å². The molecule has 0 aliphatic heterocycles. The fourth-order valence-electron chi connectivity index (χ4n) is 2.73. The Labute approximate surface area is 107 Å². The molecule has 0 bridgehead atoms. The zero-order valence-corrected chi connectivity index (χ0v) is 10.00. The summed E-state index contributed by atoms with van der Waals surface area (Å²) in [7, 11) is 0. The molecule has 1 aromatic rings. The fourth-order valence-corrected chi connectivity index (χ4v) is 2.73. The summed E-state index contributed by atoms with van der Waals surface area (Å²) in [5, 5.41) is 9.82. The van der Waals surface area contributed by atoms with E-state index >= 15 is 0 Å². The van der Waals surface area contributed by atoms with Gasteiger partial charge in [-0.05, 0) is 25.0 Å². The Morgan fingerprint density at radius 3 is 2.42 bits per heavy atom. The molecule has 102 valence electrons. The van der Waals surface area contributed by atoms with Crippen LogP contribution in [0.1, 0.15) is 36.8 Å². The van der Waals surface area contributed by atoms with Gasteiger partial charge in [-0.25, -0.2) is 4.79 Å². The lowest BCUT2D eigenvalue weighted by Crippen LogP contribution is -2.24. The van der Waals surface area contributed by atoms with Crippen LogP contribution >= 0.6 is 0 Å². The molecule has 1 aliphatic carbocycles. The van der Waals surface area contributed by atoms with Gasteiger partial charge in [-0.3, -0.25) is 0 Å². The average molecular weight is 271 g/mol. The summed E-state index contributed by atoms with van der Waals surface area (Å²) in [5.41, 5.74) is -2.53. The number of carbonyl (C=O) groups excluding carboxylic acids is 1. The van der Waals surface area contributed by atoms with E-state index in [0.717, 1.165) is 12.1 Å². The van der Waals surface area contributed by atoms with Crippen molar-refractivity contribution < 1.29 is 23.1 Å². The van der Waals surface area contributed by atoms with Crippen LogP contribution in [0.15, 0.2) is 23.2 Å². The van der Waals surface area contributed by atoms with Crippen molar-refractivity contribution in [2.45, 2.75) is 37.4 Å². The lowest BCUT2D eigenvalue weighted by atomic mass is 9.84. The van der Waals surface area contributed by atoms with Crippen LogP contribution in [0.5, 0.6) is 5.75 Å². The topological polar surface area (TPSA) is 49.7 Å². The predicted octanol–water partition coefficient (Wildman–Crippen LogP) is 3.52. The Kier molecular flexibility index (Phi) is 3.37. The first-order valence-electron chi connectivity index (χ1n) is 5.89. The molecule has 1 N–H and O–H groups in total. The van der Waals surface area contributed by atoms with E-state index in [4.69, 9.17) is 0 Å². The van der Waals surface area contributed by atoms with Gasteiger partial charge in [0.1, 0.15) is 11.3 Å². The van der Waals surface area contributed by atoms with Gasteiger partial charge in [0.25, 0.3) is 0 Å². The number of hydrogen-bond donors (Lipinski definition) is 1. The highest BCUT2D eigenvalue weighted by Crippen LogP contribution is 2.50. The van der Waals surface area contributed by atoms with Gasteiger partial charge in [0.2, 0.25) is 6.08 Å². The van der Waals surface area contributed by atoms with Gasteiger partial charge in [-0.15, -0.1) is 0 Å². The summed E-state index contributed by atoms with van der Waals surface area (Å²) in [6, 6.07) is 3.22. The Hall–Kier alpha value is -1.81. The van der Waals surface area contributed by atoms with Crippen LogP contribution in [-0.4, -0.2) is 11.2 Å². The van der Waals surface area contributed by atoms with Crippen LogP contribution < -0.4 is 0 Å². The van der Waals surface area contributed by atoms with Crippen LogP contribution in [-0.2, 0) is 16.5 Å². The molecule has 1 aromatic carbocycles. The molecule has 0 atom stereocenters. The molecular weight excluding hydrogens is 259 g/mol. The summed E-state index contributed by atoms with van der Waals surface area (Å²) < 4.78 is 39.1. The van der Waals surface area contributed by atoms with Crippen molar-refractivity contribution in [3.63, 3.8) is 0 Å². The first kappa shape index (κ1) is 13.6. The molecule has 3 nitrogen and oxygen atoms in total. The van der Waals surface area contributed by atoms with Crippen molar-refractivity contribution in [2.75, 3.05) is 0 Å². The number of rotatable bonds is 2. The fraction of sp³-hybridized carbons (Fsp3) is 0.462. The second-order valence-corrected chi connectivity index (χ2v) is 4.64. The number of phenols is 1. The maximum atomic E-state index is 13.0. The molecule has 0 aromatic heterocycles. The molecule has 0 saturated heterocycles. The second-order valence-electron chi connectivity index (χ2n) is 4.64. The molecule has 1 fully saturated rings. The Morgan fingerprint density at radius 2 is 1.89 bits per heavy atom. The third kappa shape index (κ3) is 2.36. The smallest absolute Gasteiger partial charge is 0.416 e. The van der Waals surface area contributed by atoms with Crippen molar-refractivity contribution in [3.05, 3.63) is 29.3 Å². The average Bonchev–Trinajstić information content (AvgIpc) is 2.77. The SMILES string of the molecule is O=C=NC1(c2c(O)cccc2C(F)(F)F)CCCC1. The summed E-state index contributed by atoms with van der Waals surface area (Å²) >= 11 is 0. The van der Waals surface area contributed by atoms with Crippen molar-refractivity contribution in [2.24, 2.45) is 4.99 Å². The van der Waals surface area contributed by atoms with Crippen molar-refractivity contribution in [3.8, 4) is 5.75 Å². The standard InChI is InChI=1S/C13H12F3NO2/c14-13(15,16)9-4-3-5-10(19)11(9)12(17-8-18)6-1-2-7-12/h3-5,19H,1-2,6-7H2. The largest absolute Gasteiger partial charge is 0.508 e. The third-order valence-corrected chi connectivity index (χ3v) is 3.50. The van der Waals surface area contributed by atoms with Gasteiger partial charge in [-0.2, -0.15) is 18.2 Å². The van der Waals surface area contributed by atoms with Crippen LogP contribution in [0, 0.1) is 0 Å². The molecule has 0 spiro atoms. The maximum absolute atomic E-state index is 13.0. The van der Waals surface area contributed by atoms with Crippen molar-refractivity contribution in [1.29, 1.82) is 0 Å². The molecule has 0 radical (unpaired) electrons. The molecule has 0 unspecified atom stereocenters. The monoisotopic (exact) mass is 271 g/mol. The molecular formula is C13H12F3NO2. The quantitative estimate of drug-likeness (QED) is 0.661. The normalized spacial score (nSPS) is 18.1. The van der Waals surface area contributed by atoms with E-state index < -0.39 is 23.0 Å². The zero-order valence-electron chi connectivity index (χ0n) is 10.00. The number of aromatic hydroxyl groups is 1. The van der Waals surface area contributed by atoms with Crippen LogP contribution in [0.4, 0.5) is 13.2 Å². The highest BCUT2D eigenvalue weighted by molar-refractivity contribution is 5.49. The van der Waals surface area contributed by atoms with E-state index in [-0.39, 0.29) is 5.56 Å². The number of benzene rings is 1. The third-order valence-electron chi connectivity index (χ3n) is 3.50. The molecule has 1 aliphatic rings. The van der Waals surface area contributed by atoms with Gasteiger partial charge < -0.3 is 5.11 Å². The summed E-state index contributed by atoms with van der Waals surface area (Å²) in [6.45, 7) is 0. The minimum Gasteiger partial charge on any atom is -0.508 e. The van der Waals surface area contributed by atoms with E-state index in [9.17, 15) is 23.1 Å². The van der Waals surface area contributed by atoms with Gasteiger partial charge in [-0.1, -0.05) is 18.9 Å². The number of isocyanates is 1. The predicted molar refractivity (Wildman–Crippen MR) is 61.4 cm³/mol. The Bertz CT molecular complexity index is 527. The number of hydrogen-bond acceptors (Lipinski definition) is 3. The Morgan fingerprint density at radius 1 is 1.26 bits per heavy atom. The molecule has 1 saturated carbocycles. The van der Waals surface area contributed by atoms with Gasteiger partial charge in [0.15, 0.2) is 0 Å². The van der Waals surface area contributed by atoms with Gasteiger partial charge >= 0.3 is 6.18 Å². The van der Waals surface area contributed by atoms with E-state index in [2.05, 4.69) is 4.99 Å². The molecule has 0 heterocycles. The minimum atomic E-state index is -4.60. The number of aliphatic imine (C=N–C) groups is 1. The first-order valence-corrected chi connectivity index (χ1v) is 5.89. The number of halogens is 3. The van der Waals surface area contributed by atoms with Crippen LogP contribution in [0.25, 0.3) is 0 Å². The van der Waals surface area contributed by atoms with E-state index in [1.165, 1.54) is 12.1 Å². The molecule has 19 heavy (non-hydrogen) atoms. The van der Waals surface area contributed by atoms with Gasteiger partial charge in [0, 0.05) is 5.56 Å². The minimum absolute atomic E-state index is 0.302. The first-order chi connectivity index (χ1) is 8.91. The van der Waals surface area contributed by atoms with Crippen LogP contribution in [0.2, 0.25) is 0 Å². The molecule has 2 rings (SSSR count). The van der Waals surface area contributed by atoms with Crippen LogP contribution in [0.3, 0.4) is 0 Å². The van der Waals surface area contributed by atoms with Crippen molar-refractivity contribution >= 4 is 6.08 Å². The highest BCUT2D eigenvalue weighted by atomic mass is 19.4. The number of nitrogens with zero attached hydrogens (tertiary/aromatic N) is 1. The highest BCUT2D eigenvalue weighted by Gasteiger charge is 2.45. The van der Waals surface area contributed by atoms with Gasteiger partial charge in [0.05, 0.1) is 5.56 Å². The molecule has 0 amide bonds. The Balaban J connectivity index is 2.69. The van der Waals surface area contributed by atoms with E-state index in [1.807, 2.05) is 0 Å². The van der Waals surface area contributed by atoms with E-state index in [0.29, 0.717) is 25.7 Å². The number of phenolic OH excluding ortho intramolecular Hbond substituents is 1. The lowest BCUT2D eigenvalue weighted by molar-refractivity contribution is -0.139. The lowest BCUT2D eigenvalue weighted by Gasteiger charge is -2.27. The maximum Gasteiger partial charge on any atom is 0.416 e. The number of alkyl halides is 3. The zero-order chi connectivity index (χ0) is 14.1. The second kappa shape index (κ2) is 4.70. The summed E-state index contributed by atoms with van der Waals surface area (Å²) in [5.74, 6) is -0.476. The molecule has 6 heteroatoms.